The van der Waals surface area contributed by atoms with Crippen molar-refractivity contribution < 1.29 is 14.0 Å². The first-order chi connectivity index (χ1) is 10.0. The lowest BCUT2D eigenvalue weighted by Crippen LogP contribution is -2.39. The lowest BCUT2D eigenvalue weighted by atomic mass is 10.0. The smallest absolute Gasteiger partial charge is 0.225 e. The van der Waals surface area contributed by atoms with Crippen molar-refractivity contribution in [2.75, 3.05) is 13.1 Å². The highest BCUT2D eigenvalue weighted by molar-refractivity contribution is 6.01. The van der Waals surface area contributed by atoms with Crippen molar-refractivity contribution in [3.8, 4) is 0 Å². The average molecular weight is 292 g/mol. The van der Waals surface area contributed by atoms with Gasteiger partial charge < -0.3 is 9.74 Å². The fourth-order valence-corrected chi connectivity index (χ4v) is 2.35. The summed E-state index contributed by atoms with van der Waals surface area (Å²) in [6.07, 6.45) is 0.427. The number of likely N-dealkylation sites (N-methyl/N-ethyl adjacent to an activating group) is 1. The molecule has 1 aromatic rings. The number of hydrogen-bond acceptors (Lipinski definition) is 3. The molecule has 0 radical (unpaired) electrons. The van der Waals surface area contributed by atoms with E-state index in [1.54, 1.807) is 11.0 Å². The maximum absolute atomic E-state index is 13.2. The summed E-state index contributed by atoms with van der Waals surface area (Å²) < 4.78 is 13.2. The van der Waals surface area contributed by atoms with Gasteiger partial charge in [-0.1, -0.05) is 31.1 Å². The normalized spacial score (nSPS) is 17.6. The SMILES string of the molecule is CCN(C[C@H]1CC(c2cccc(F)c2)=NO1)C(=O)C(C)C. The molecule has 0 aliphatic carbocycles. The maximum atomic E-state index is 13.2. The number of carbonyl (C=O) groups excluding carboxylic acids is 1. The van der Waals surface area contributed by atoms with E-state index in [9.17, 15) is 9.18 Å². The Morgan fingerprint density at radius 2 is 2.29 bits per heavy atom. The molecule has 0 bridgehead atoms. The molecule has 2 rings (SSSR count). The summed E-state index contributed by atoms with van der Waals surface area (Å²) in [5.41, 5.74) is 1.46. The number of hydrogen-bond donors (Lipinski definition) is 0. The molecule has 5 heteroatoms. The van der Waals surface area contributed by atoms with Crippen LogP contribution in [0.1, 0.15) is 32.8 Å². The van der Waals surface area contributed by atoms with Crippen molar-refractivity contribution in [1.29, 1.82) is 0 Å². The van der Waals surface area contributed by atoms with E-state index in [4.69, 9.17) is 4.84 Å². The number of carbonyl (C=O) groups is 1. The third kappa shape index (κ3) is 3.80. The van der Waals surface area contributed by atoms with Crippen LogP contribution in [0.25, 0.3) is 0 Å². The van der Waals surface area contributed by atoms with Crippen molar-refractivity contribution in [3.05, 3.63) is 35.6 Å². The van der Waals surface area contributed by atoms with Crippen LogP contribution in [-0.2, 0) is 9.63 Å². The van der Waals surface area contributed by atoms with E-state index in [-0.39, 0.29) is 23.7 Å². The standard InChI is InChI=1S/C16H21FN2O2/c1-4-19(16(20)11(2)3)10-14-9-15(18-21-14)12-6-5-7-13(17)8-12/h5-8,11,14H,4,9-10H2,1-3H3/t14-/m1/s1. The summed E-state index contributed by atoms with van der Waals surface area (Å²) in [7, 11) is 0. The fraction of sp³-hybridized carbons (Fsp3) is 0.500. The zero-order valence-electron chi connectivity index (χ0n) is 12.7. The molecule has 21 heavy (non-hydrogen) atoms. The van der Waals surface area contributed by atoms with Crippen molar-refractivity contribution in [2.45, 2.75) is 33.3 Å². The topological polar surface area (TPSA) is 41.9 Å². The monoisotopic (exact) mass is 292 g/mol. The average Bonchev–Trinajstić information content (AvgIpc) is 2.92. The van der Waals surface area contributed by atoms with Crippen LogP contribution in [0.4, 0.5) is 4.39 Å². The third-order valence-electron chi connectivity index (χ3n) is 3.50. The van der Waals surface area contributed by atoms with Gasteiger partial charge in [-0.05, 0) is 19.1 Å². The van der Waals surface area contributed by atoms with Gasteiger partial charge in [0.15, 0.2) is 6.10 Å². The first-order valence-electron chi connectivity index (χ1n) is 7.28. The molecule has 0 fully saturated rings. The van der Waals surface area contributed by atoms with Gasteiger partial charge in [-0.3, -0.25) is 4.79 Å². The Kier molecular flexibility index (Phi) is 4.94. The first kappa shape index (κ1) is 15.5. The van der Waals surface area contributed by atoms with E-state index >= 15 is 0 Å². The Morgan fingerprint density at radius 3 is 2.90 bits per heavy atom. The summed E-state index contributed by atoms with van der Waals surface area (Å²) >= 11 is 0. The van der Waals surface area contributed by atoms with Gasteiger partial charge in [0, 0.05) is 24.4 Å². The highest BCUT2D eigenvalue weighted by Gasteiger charge is 2.26. The number of amides is 1. The van der Waals surface area contributed by atoms with E-state index in [1.165, 1.54) is 12.1 Å². The van der Waals surface area contributed by atoms with Crippen LogP contribution < -0.4 is 0 Å². The van der Waals surface area contributed by atoms with Crippen LogP contribution in [0.15, 0.2) is 29.4 Å². The molecule has 0 unspecified atom stereocenters. The number of benzene rings is 1. The highest BCUT2D eigenvalue weighted by atomic mass is 19.1. The summed E-state index contributed by atoms with van der Waals surface area (Å²) in [5.74, 6) is -0.209. The van der Waals surface area contributed by atoms with Gasteiger partial charge >= 0.3 is 0 Å². The molecule has 114 valence electrons. The van der Waals surface area contributed by atoms with Crippen LogP contribution in [0.2, 0.25) is 0 Å². The third-order valence-corrected chi connectivity index (χ3v) is 3.50. The molecule has 1 aliphatic heterocycles. The van der Waals surface area contributed by atoms with Gasteiger partial charge in [0.1, 0.15) is 5.82 Å². The number of rotatable bonds is 5. The van der Waals surface area contributed by atoms with Gasteiger partial charge in [-0.15, -0.1) is 0 Å². The molecular weight excluding hydrogens is 271 g/mol. The summed E-state index contributed by atoms with van der Waals surface area (Å²) in [4.78, 5) is 19.2. The predicted octanol–water partition coefficient (Wildman–Crippen LogP) is 2.82. The lowest BCUT2D eigenvalue weighted by molar-refractivity contribution is -0.136. The molecule has 1 amide bonds. The second-order valence-electron chi connectivity index (χ2n) is 5.51. The molecule has 0 saturated heterocycles. The van der Waals surface area contributed by atoms with Crippen LogP contribution in [0.3, 0.4) is 0 Å². The molecule has 1 atom stereocenters. The quantitative estimate of drug-likeness (QED) is 0.837. The summed E-state index contributed by atoms with van der Waals surface area (Å²) in [5, 5.41) is 4.03. The lowest BCUT2D eigenvalue weighted by Gasteiger charge is -2.24. The zero-order chi connectivity index (χ0) is 15.4. The minimum Gasteiger partial charge on any atom is -0.390 e. The highest BCUT2D eigenvalue weighted by Crippen LogP contribution is 2.19. The molecule has 0 saturated carbocycles. The second kappa shape index (κ2) is 6.70. The predicted molar refractivity (Wildman–Crippen MR) is 79.5 cm³/mol. The Balaban J connectivity index is 1.96. The van der Waals surface area contributed by atoms with Gasteiger partial charge in [-0.25, -0.2) is 4.39 Å². The van der Waals surface area contributed by atoms with Crippen molar-refractivity contribution in [1.82, 2.24) is 4.90 Å². The van der Waals surface area contributed by atoms with Crippen LogP contribution >= 0.6 is 0 Å². The number of halogens is 1. The first-order valence-corrected chi connectivity index (χ1v) is 7.28. The van der Waals surface area contributed by atoms with Gasteiger partial charge in [0.05, 0.1) is 12.3 Å². The van der Waals surface area contributed by atoms with Gasteiger partial charge in [0.2, 0.25) is 5.91 Å². The van der Waals surface area contributed by atoms with Crippen molar-refractivity contribution >= 4 is 11.6 Å². The summed E-state index contributed by atoms with van der Waals surface area (Å²) in [6.45, 7) is 6.87. The molecule has 0 N–H and O–H groups in total. The van der Waals surface area contributed by atoms with Crippen LogP contribution in [0, 0.1) is 11.7 Å². The molecule has 1 aromatic carbocycles. The second-order valence-corrected chi connectivity index (χ2v) is 5.51. The van der Waals surface area contributed by atoms with E-state index < -0.39 is 0 Å². The Bertz CT molecular complexity index is 543. The number of oxime groups is 1. The summed E-state index contributed by atoms with van der Waals surface area (Å²) in [6, 6.07) is 6.31. The Morgan fingerprint density at radius 1 is 1.52 bits per heavy atom. The van der Waals surface area contributed by atoms with Crippen LogP contribution in [0.5, 0.6) is 0 Å². The van der Waals surface area contributed by atoms with Crippen molar-refractivity contribution in [2.24, 2.45) is 11.1 Å². The molecule has 1 heterocycles. The number of nitrogens with zero attached hydrogens (tertiary/aromatic N) is 2. The largest absolute Gasteiger partial charge is 0.390 e. The fourth-order valence-electron chi connectivity index (χ4n) is 2.35. The molecule has 0 spiro atoms. The maximum Gasteiger partial charge on any atom is 0.225 e. The molecule has 4 nitrogen and oxygen atoms in total. The van der Waals surface area contributed by atoms with Crippen molar-refractivity contribution in [3.63, 3.8) is 0 Å². The van der Waals surface area contributed by atoms with Gasteiger partial charge in [-0.2, -0.15) is 0 Å². The molecule has 1 aliphatic rings. The van der Waals surface area contributed by atoms with Crippen LogP contribution in [-0.4, -0.2) is 35.7 Å². The minimum atomic E-state index is -0.288. The minimum absolute atomic E-state index is 0.0324. The van der Waals surface area contributed by atoms with E-state index in [0.717, 1.165) is 11.3 Å². The van der Waals surface area contributed by atoms with E-state index in [0.29, 0.717) is 19.5 Å². The van der Waals surface area contributed by atoms with E-state index in [2.05, 4.69) is 5.16 Å². The Hall–Kier alpha value is -1.91. The Labute approximate surface area is 124 Å². The molecular formula is C16H21FN2O2. The van der Waals surface area contributed by atoms with Gasteiger partial charge in [0.25, 0.3) is 0 Å². The van der Waals surface area contributed by atoms with E-state index in [1.807, 2.05) is 26.8 Å². The zero-order valence-corrected chi connectivity index (χ0v) is 12.7. The molecule has 0 aromatic heterocycles.